The summed E-state index contributed by atoms with van der Waals surface area (Å²) in [5.74, 6) is 0.169. The molecule has 17 heavy (non-hydrogen) atoms. The highest BCUT2D eigenvalue weighted by Gasteiger charge is 2.29. The van der Waals surface area contributed by atoms with Gasteiger partial charge in [-0.2, -0.15) is 0 Å². The normalized spacial score (nSPS) is 16.1. The van der Waals surface area contributed by atoms with Crippen molar-refractivity contribution in [1.29, 1.82) is 0 Å². The number of amides is 2. The van der Waals surface area contributed by atoms with Crippen molar-refractivity contribution in [1.82, 2.24) is 10.6 Å². The molecule has 0 aromatic heterocycles. The Kier molecular flexibility index (Phi) is 3.42. The summed E-state index contributed by atoms with van der Waals surface area (Å²) >= 11 is 0. The highest BCUT2D eigenvalue weighted by molar-refractivity contribution is 5.77. The van der Waals surface area contributed by atoms with E-state index >= 15 is 0 Å². The van der Waals surface area contributed by atoms with Crippen molar-refractivity contribution in [2.45, 2.75) is 18.9 Å². The van der Waals surface area contributed by atoms with Crippen molar-refractivity contribution in [2.75, 3.05) is 7.05 Å². The Morgan fingerprint density at radius 1 is 1.35 bits per heavy atom. The van der Waals surface area contributed by atoms with Crippen molar-refractivity contribution in [3.8, 4) is 0 Å². The van der Waals surface area contributed by atoms with Gasteiger partial charge in [-0.3, -0.25) is 0 Å². The van der Waals surface area contributed by atoms with Crippen molar-refractivity contribution in [3.63, 3.8) is 0 Å². The van der Waals surface area contributed by atoms with E-state index in [1.54, 1.807) is 7.05 Å². The molecule has 1 atom stereocenters. The fourth-order valence-electron chi connectivity index (χ4n) is 2.33. The first-order chi connectivity index (χ1) is 8.24. The van der Waals surface area contributed by atoms with Crippen molar-refractivity contribution in [2.24, 2.45) is 5.92 Å². The average Bonchev–Trinajstić information content (AvgIpc) is 2.78. The molecule has 0 saturated carbocycles. The molecule has 2 amide bonds. The molecular weight excluding hydrogens is 216 g/mol. The standard InChI is InChI=1S/C13H16N2O2/c1-14-13(17)15-12(8-16)11-6-9-4-2-3-5-10(9)7-11/h2-5,8,11-12H,6-7H2,1H3,(H2,14,15,17). The van der Waals surface area contributed by atoms with Crippen molar-refractivity contribution >= 4 is 12.3 Å². The molecule has 2 rings (SSSR count). The van der Waals surface area contributed by atoms with E-state index in [1.165, 1.54) is 11.1 Å². The summed E-state index contributed by atoms with van der Waals surface area (Å²) in [4.78, 5) is 22.3. The summed E-state index contributed by atoms with van der Waals surface area (Å²) in [5.41, 5.74) is 2.56. The summed E-state index contributed by atoms with van der Waals surface area (Å²) in [6.07, 6.45) is 2.53. The van der Waals surface area contributed by atoms with Crippen LogP contribution in [-0.2, 0) is 17.6 Å². The average molecular weight is 232 g/mol. The van der Waals surface area contributed by atoms with Gasteiger partial charge in [-0.1, -0.05) is 24.3 Å². The Bertz CT molecular complexity index is 406. The molecule has 4 nitrogen and oxygen atoms in total. The number of benzene rings is 1. The third kappa shape index (κ3) is 2.46. The zero-order valence-corrected chi connectivity index (χ0v) is 9.77. The first-order valence-electron chi connectivity index (χ1n) is 5.75. The number of carbonyl (C=O) groups excluding carboxylic acids is 2. The topological polar surface area (TPSA) is 58.2 Å². The molecule has 0 aliphatic heterocycles. The summed E-state index contributed by atoms with van der Waals surface area (Å²) in [6, 6.07) is 7.45. The van der Waals surface area contributed by atoms with Gasteiger partial charge in [0.15, 0.2) is 0 Å². The van der Waals surface area contributed by atoms with Crippen LogP contribution in [-0.4, -0.2) is 25.4 Å². The minimum Gasteiger partial charge on any atom is -0.341 e. The van der Waals surface area contributed by atoms with E-state index in [0.717, 1.165) is 19.1 Å². The smallest absolute Gasteiger partial charge is 0.315 e. The van der Waals surface area contributed by atoms with E-state index in [4.69, 9.17) is 0 Å². The molecule has 4 heteroatoms. The zero-order valence-electron chi connectivity index (χ0n) is 9.77. The van der Waals surface area contributed by atoms with Gasteiger partial charge in [0.1, 0.15) is 6.29 Å². The van der Waals surface area contributed by atoms with Gasteiger partial charge in [-0.05, 0) is 29.9 Å². The Morgan fingerprint density at radius 3 is 2.41 bits per heavy atom. The van der Waals surface area contributed by atoms with Crippen LogP contribution in [0.4, 0.5) is 4.79 Å². The van der Waals surface area contributed by atoms with Crippen molar-refractivity contribution in [3.05, 3.63) is 35.4 Å². The maximum absolute atomic E-state index is 11.2. The maximum Gasteiger partial charge on any atom is 0.315 e. The molecule has 0 spiro atoms. The van der Waals surface area contributed by atoms with E-state index in [9.17, 15) is 9.59 Å². The lowest BCUT2D eigenvalue weighted by Gasteiger charge is -2.18. The Labute approximate surface area is 100 Å². The number of aldehydes is 1. The van der Waals surface area contributed by atoms with Crippen molar-refractivity contribution < 1.29 is 9.59 Å². The van der Waals surface area contributed by atoms with Gasteiger partial charge < -0.3 is 15.4 Å². The number of urea groups is 1. The minimum absolute atomic E-state index is 0.169. The summed E-state index contributed by atoms with van der Waals surface area (Å²) in [5, 5.41) is 5.14. The van der Waals surface area contributed by atoms with Gasteiger partial charge in [0.05, 0.1) is 6.04 Å². The van der Waals surface area contributed by atoms with E-state index < -0.39 is 6.04 Å². The van der Waals surface area contributed by atoms with Crippen LogP contribution in [0.2, 0.25) is 0 Å². The summed E-state index contributed by atoms with van der Waals surface area (Å²) < 4.78 is 0. The van der Waals surface area contributed by atoms with Gasteiger partial charge in [0, 0.05) is 7.05 Å². The first kappa shape index (κ1) is 11.6. The van der Waals surface area contributed by atoms with Crippen LogP contribution in [0.25, 0.3) is 0 Å². The molecule has 0 saturated heterocycles. The molecule has 2 N–H and O–H groups in total. The third-order valence-electron chi connectivity index (χ3n) is 3.26. The lowest BCUT2D eigenvalue weighted by atomic mass is 9.98. The summed E-state index contributed by atoms with van der Waals surface area (Å²) in [6.45, 7) is 0. The number of hydrogen-bond acceptors (Lipinski definition) is 2. The van der Waals surface area contributed by atoms with E-state index in [-0.39, 0.29) is 11.9 Å². The Morgan fingerprint density at radius 2 is 1.94 bits per heavy atom. The summed E-state index contributed by atoms with van der Waals surface area (Å²) in [7, 11) is 1.54. The lowest BCUT2D eigenvalue weighted by Crippen LogP contribution is -2.45. The van der Waals surface area contributed by atoms with E-state index in [0.29, 0.717) is 0 Å². The van der Waals surface area contributed by atoms with Crippen LogP contribution >= 0.6 is 0 Å². The van der Waals surface area contributed by atoms with E-state index in [2.05, 4.69) is 22.8 Å². The molecule has 1 aromatic carbocycles. The van der Waals surface area contributed by atoms with Gasteiger partial charge in [-0.25, -0.2) is 4.79 Å². The highest BCUT2D eigenvalue weighted by atomic mass is 16.2. The van der Waals surface area contributed by atoms with Crippen LogP contribution < -0.4 is 10.6 Å². The molecule has 0 heterocycles. The predicted octanol–water partition coefficient (Wildman–Crippen LogP) is 0.898. The molecule has 1 aliphatic carbocycles. The number of fused-ring (bicyclic) bond motifs is 1. The highest BCUT2D eigenvalue weighted by Crippen LogP contribution is 2.28. The second kappa shape index (κ2) is 4.99. The Balaban J connectivity index is 2.05. The largest absolute Gasteiger partial charge is 0.341 e. The van der Waals surface area contributed by atoms with Crippen LogP contribution in [0.1, 0.15) is 11.1 Å². The van der Waals surface area contributed by atoms with Gasteiger partial charge in [-0.15, -0.1) is 0 Å². The molecule has 1 unspecified atom stereocenters. The fourth-order valence-corrected chi connectivity index (χ4v) is 2.33. The SMILES string of the molecule is CNC(=O)NC(C=O)C1Cc2ccccc2C1. The fraction of sp³-hybridized carbons (Fsp3) is 0.385. The number of carbonyl (C=O) groups is 2. The number of hydrogen-bond donors (Lipinski definition) is 2. The molecular formula is C13H16N2O2. The van der Waals surface area contributed by atoms with Crippen LogP contribution in [0.5, 0.6) is 0 Å². The van der Waals surface area contributed by atoms with Gasteiger partial charge in [0.25, 0.3) is 0 Å². The van der Waals surface area contributed by atoms with E-state index in [1.807, 2.05) is 12.1 Å². The monoisotopic (exact) mass is 232 g/mol. The molecule has 1 aliphatic rings. The molecule has 0 radical (unpaired) electrons. The molecule has 0 fully saturated rings. The van der Waals surface area contributed by atoms with Gasteiger partial charge >= 0.3 is 6.03 Å². The second-order valence-corrected chi connectivity index (χ2v) is 4.32. The van der Waals surface area contributed by atoms with Gasteiger partial charge in [0.2, 0.25) is 0 Å². The Hall–Kier alpha value is -1.84. The quantitative estimate of drug-likeness (QED) is 0.761. The molecule has 0 bridgehead atoms. The number of rotatable bonds is 3. The minimum atomic E-state index is -0.414. The lowest BCUT2D eigenvalue weighted by molar-refractivity contribution is -0.110. The third-order valence-corrected chi connectivity index (χ3v) is 3.26. The van der Waals surface area contributed by atoms with Crippen LogP contribution in [0.15, 0.2) is 24.3 Å². The predicted molar refractivity (Wildman–Crippen MR) is 64.8 cm³/mol. The second-order valence-electron chi connectivity index (χ2n) is 4.32. The van der Waals surface area contributed by atoms with Crippen LogP contribution in [0.3, 0.4) is 0 Å². The van der Waals surface area contributed by atoms with Crippen LogP contribution in [0, 0.1) is 5.92 Å². The zero-order chi connectivity index (χ0) is 12.3. The maximum atomic E-state index is 11.2. The molecule has 1 aromatic rings. The molecule has 90 valence electrons. The number of nitrogens with one attached hydrogen (secondary N) is 2. The first-order valence-corrected chi connectivity index (χ1v) is 5.75.